The Balaban J connectivity index is 1.75. The molecule has 1 aromatic carbocycles. The third-order valence-electron chi connectivity index (χ3n) is 4.24. The minimum absolute atomic E-state index is 0.117. The highest BCUT2D eigenvalue weighted by Crippen LogP contribution is 2.33. The van der Waals surface area contributed by atoms with Crippen LogP contribution in [0.5, 0.6) is 11.5 Å². The van der Waals surface area contributed by atoms with E-state index in [1.807, 2.05) is 6.92 Å². The summed E-state index contributed by atoms with van der Waals surface area (Å²) in [5, 5.41) is 7.10. The number of aryl methyl sites for hydroxylation is 1. The Hall–Kier alpha value is -2.90. The summed E-state index contributed by atoms with van der Waals surface area (Å²) in [5.41, 5.74) is 1.17. The van der Waals surface area contributed by atoms with Crippen LogP contribution in [-0.4, -0.2) is 29.4 Å². The minimum Gasteiger partial charge on any atom is -0.493 e. The van der Waals surface area contributed by atoms with Crippen molar-refractivity contribution in [2.45, 2.75) is 32.9 Å². The van der Waals surface area contributed by atoms with Crippen LogP contribution in [0.1, 0.15) is 24.0 Å². The summed E-state index contributed by atoms with van der Waals surface area (Å²) in [6, 6.07) is 4.70. The second kappa shape index (κ2) is 8.20. The number of carbonyl (C=O) groups excluding carboxylic acids is 1. The number of rotatable bonds is 8. The molecule has 1 fully saturated rings. The van der Waals surface area contributed by atoms with Crippen molar-refractivity contribution in [2.75, 3.05) is 12.4 Å². The fourth-order valence-electron chi connectivity index (χ4n) is 2.69. The van der Waals surface area contributed by atoms with E-state index in [9.17, 15) is 13.6 Å². The monoisotopic (exact) mass is 377 g/mol. The minimum atomic E-state index is -3.00. The van der Waals surface area contributed by atoms with Crippen LogP contribution in [0.3, 0.4) is 0 Å². The molecule has 0 aliphatic heterocycles. The average Bonchev–Trinajstić information content (AvgIpc) is 3.39. The lowest BCUT2D eigenvalue weighted by Crippen LogP contribution is -2.14. The fourth-order valence-corrected chi connectivity index (χ4v) is 2.69. The van der Waals surface area contributed by atoms with Crippen LogP contribution >= 0.6 is 0 Å². The molecule has 0 bridgehead atoms. The van der Waals surface area contributed by atoms with Gasteiger partial charge in [0.2, 0.25) is 5.91 Å². The van der Waals surface area contributed by atoms with Gasteiger partial charge in [-0.3, -0.25) is 4.79 Å². The number of anilines is 1. The second-order valence-corrected chi connectivity index (χ2v) is 6.38. The van der Waals surface area contributed by atoms with Crippen LogP contribution in [0.25, 0.3) is 6.08 Å². The average molecular weight is 377 g/mol. The summed E-state index contributed by atoms with van der Waals surface area (Å²) in [5.74, 6) is 0.916. The zero-order valence-electron chi connectivity index (χ0n) is 15.1. The Bertz CT molecular complexity index is 845. The molecule has 1 amide bonds. The third kappa shape index (κ3) is 4.84. The van der Waals surface area contributed by atoms with E-state index in [0.717, 1.165) is 12.1 Å². The van der Waals surface area contributed by atoms with E-state index in [0.29, 0.717) is 17.3 Å². The second-order valence-electron chi connectivity index (χ2n) is 6.38. The molecule has 6 nitrogen and oxygen atoms in total. The van der Waals surface area contributed by atoms with Crippen LogP contribution in [0.4, 0.5) is 14.6 Å². The van der Waals surface area contributed by atoms with Gasteiger partial charge in [0.15, 0.2) is 11.5 Å². The molecule has 1 heterocycles. The van der Waals surface area contributed by atoms with Crippen molar-refractivity contribution < 1.29 is 23.0 Å². The number of halogens is 2. The molecular formula is C19H21F2N3O3. The summed E-state index contributed by atoms with van der Waals surface area (Å²) in [6.45, 7) is -0.358. The fraction of sp³-hybridized carbons (Fsp3) is 0.368. The Morgan fingerprint density at radius 3 is 2.89 bits per heavy atom. The summed E-state index contributed by atoms with van der Waals surface area (Å²) in [7, 11) is 1.36. The van der Waals surface area contributed by atoms with E-state index in [2.05, 4.69) is 15.2 Å². The molecule has 1 saturated carbocycles. The van der Waals surface area contributed by atoms with Gasteiger partial charge in [0, 0.05) is 23.7 Å². The zero-order valence-corrected chi connectivity index (χ0v) is 15.1. The number of methoxy groups -OCH3 is 1. The lowest BCUT2D eigenvalue weighted by molar-refractivity contribution is -0.111. The zero-order chi connectivity index (χ0) is 19.4. The van der Waals surface area contributed by atoms with Crippen LogP contribution in [0.2, 0.25) is 0 Å². The number of aromatic nitrogens is 2. The first-order valence-corrected chi connectivity index (χ1v) is 8.61. The summed E-state index contributed by atoms with van der Waals surface area (Å²) in [4.78, 5) is 12.3. The molecule has 0 radical (unpaired) electrons. The standard InChI is InChI=1S/C19H21F2N3O3/c1-12-10-22-24(11-13-6-7-13)18(12)23-16(25)9-8-14-4-3-5-15(26-2)17(14)27-19(20)21/h3-5,8-10,13,19H,6-7,11H2,1-2H3,(H,23,25)/b9-8+. The van der Waals surface area contributed by atoms with Gasteiger partial charge in [-0.15, -0.1) is 0 Å². The lowest BCUT2D eigenvalue weighted by atomic mass is 10.1. The first-order chi connectivity index (χ1) is 13.0. The Kier molecular flexibility index (Phi) is 5.73. The van der Waals surface area contributed by atoms with Crippen molar-refractivity contribution in [2.24, 2.45) is 5.92 Å². The molecule has 144 valence electrons. The highest BCUT2D eigenvalue weighted by atomic mass is 19.3. The molecule has 3 rings (SSSR count). The number of hydrogen-bond donors (Lipinski definition) is 1. The number of benzene rings is 1. The van der Waals surface area contributed by atoms with Gasteiger partial charge < -0.3 is 14.8 Å². The number of carbonyl (C=O) groups is 1. The molecule has 0 saturated heterocycles. The van der Waals surface area contributed by atoms with Crippen molar-refractivity contribution in [3.8, 4) is 11.5 Å². The van der Waals surface area contributed by atoms with Crippen molar-refractivity contribution in [3.05, 3.63) is 41.6 Å². The van der Waals surface area contributed by atoms with Gasteiger partial charge >= 0.3 is 6.61 Å². The summed E-state index contributed by atoms with van der Waals surface area (Å²) < 4.78 is 36.7. The normalized spacial score (nSPS) is 14.0. The topological polar surface area (TPSA) is 65.4 Å². The van der Waals surface area contributed by atoms with E-state index < -0.39 is 6.61 Å². The molecule has 1 aromatic heterocycles. The third-order valence-corrected chi connectivity index (χ3v) is 4.24. The molecule has 1 N–H and O–H groups in total. The maximum absolute atomic E-state index is 12.7. The number of nitrogens with one attached hydrogen (secondary N) is 1. The highest BCUT2D eigenvalue weighted by molar-refractivity contribution is 6.02. The van der Waals surface area contributed by atoms with E-state index in [1.165, 1.54) is 38.2 Å². The Morgan fingerprint density at radius 1 is 1.44 bits per heavy atom. The van der Waals surface area contributed by atoms with Crippen molar-refractivity contribution >= 4 is 17.8 Å². The predicted octanol–water partition coefficient (Wildman–Crippen LogP) is 3.86. The first-order valence-electron chi connectivity index (χ1n) is 8.61. The molecule has 0 unspecified atom stereocenters. The van der Waals surface area contributed by atoms with Gasteiger partial charge in [0.25, 0.3) is 0 Å². The van der Waals surface area contributed by atoms with Gasteiger partial charge in [0.1, 0.15) is 5.82 Å². The van der Waals surface area contributed by atoms with Gasteiger partial charge in [-0.2, -0.15) is 13.9 Å². The predicted molar refractivity (Wildman–Crippen MR) is 97.0 cm³/mol. The van der Waals surface area contributed by atoms with Gasteiger partial charge in [-0.1, -0.05) is 12.1 Å². The first kappa shape index (κ1) is 18.9. The highest BCUT2D eigenvalue weighted by Gasteiger charge is 2.24. The molecule has 0 spiro atoms. The molecule has 8 heteroatoms. The number of amides is 1. The number of hydrogen-bond acceptors (Lipinski definition) is 4. The lowest BCUT2D eigenvalue weighted by Gasteiger charge is -2.12. The summed E-state index contributed by atoms with van der Waals surface area (Å²) in [6.07, 6.45) is 6.73. The van der Waals surface area contributed by atoms with Gasteiger partial charge in [0.05, 0.1) is 13.3 Å². The number of alkyl halides is 2. The maximum Gasteiger partial charge on any atom is 0.387 e. The van der Waals surface area contributed by atoms with E-state index in [4.69, 9.17) is 4.74 Å². The number of nitrogens with zero attached hydrogens (tertiary/aromatic N) is 2. The van der Waals surface area contributed by atoms with Crippen LogP contribution < -0.4 is 14.8 Å². The van der Waals surface area contributed by atoms with Crippen molar-refractivity contribution in [1.29, 1.82) is 0 Å². The maximum atomic E-state index is 12.7. The molecule has 0 atom stereocenters. The van der Waals surface area contributed by atoms with Crippen molar-refractivity contribution in [3.63, 3.8) is 0 Å². The molecule has 2 aromatic rings. The summed E-state index contributed by atoms with van der Waals surface area (Å²) >= 11 is 0. The SMILES string of the molecule is COc1cccc(/C=C/C(=O)Nc2c(C)cnn2CC2CC2)c1OC(F)F. The largest absolute Gasteiger partial charge is 0.493 e. The quantitative estimate of drug-likeness (QED) is 0.710. The molecule has 1 aliphatic carbocycles. The molecular weight excluding hydrogens is 356 g/mol. The molecule has 1 aliphatic rings. The Morgan fingerprint density at radius 2 is 2.22 bits per heavy atom. The van der Waals surface area contributed by atoms with Gasteiger partial charge in [-0.25, -0.2) is 4.68 Å². The van der Waals surface area contributed by atoms with Crippen molar-refractivity contribution in [1.82, 2.24) is 9.78 Å². The van der Waals surface area contributed by atoms with Crippen LogP contribution in [0, 0.1) is 12.8 Å². The number of ether oxygens (including phenoxy) is 2. The Labute approximate surface area is 155 Å². The van der Waals surface area contributed by atoms with Gasteiger partial charge in [-0.05, 0) is 37.8 Å². The smallest absolute Gasteiger partial charge is 0.387 e. The molecule has 27 heavy (non-hydrogen) atoms. The number of para-hydroxylation sites is 1. The van der Waals surface area contributed by atoms with E-state index in [1.54, 1.807) is 23.0 Å². The van der Waals surface area contributed by atoms with E-state index in [-0.39, 0.29) is 17.4 Å². The van der Waals surface area contributed by atoms with Crippen LogP contribution in [0.15, 0.2) is 30.5 Å². The van der Waals surface area contributed by atoms with Crippen LogP contribution in [-0.2, 0) is 11.3 Å². The van der Waals surface area contributed by atoms with E-state index >= 15 is 0 Å².